The number of carbonyl (C=O) groups is 1. The van der Waals surface area contributed by atoms with Gasteiger partial charge < -0.3 is 9.84 Å². The van der Waals surface area contributed by atoms with E-state index < -0.39 is 5.97 Å². The first-order valence-electron chi connectivity index (χ1n) is 5.58. The molecule has 0 saturated heterocycles. The van der Waals surface area contributed by atoms with Gasteiger partial charge in [-0.15, -0.1) is 0 Å². The van der Waals surface area contributed by atoms with Crippen molar-refractivity contribution in [1.82, 2.24) is 0 Å². The van der Waals surface area contributed by atoms with Crippen molar-refractivity contribution in [2.24, 2.45) is 5.92 Å². The summed E-state index contributed by atoms with van der Waals surface area (Å²) < 4.78 is 5.49. The second kappa shape index (κ2) is 6.16. The minimum atomic E-state index is -0.764. The molecule has 1 aromatic carbocycles. The van der Waals surface area contributed by atoms with Gasteiger partial charge in [0.25, 0.3) is 0 Å². The van der Waals surface area contributed by atoms with Crippen molar-refractivity contribution in [3.8, 4) is 5.75 Å². The quantitative estimate of drug-likeness (QED) is 0.805. The maximum Gasteiger partial charge on any atom is 0.306 e. The van der Waals surface area contributed by atoms with Crippen LogP contribution in [0.15, 0.2) is 24.3 Å². The van der Waals surface area contributed by atoms with Crippen LogP contribution in [0, 0.1) is 5.92 Å². The highest BCUT2D eigenvalue weighted by molar-refractivity contribution is 5.69. The van der Waals surface area contributed by atoms with Crippen molar-refractivity contribution in [3.05, 3.63) is 29.8 Å². The lowest BCUT2D eigenvalue weighted by atomic mass is 10.0. The van der Waals surface area contributed by atoms with Gasteiger partial charge in [-0.05, 0) is 30.5 Å². The number of carboxylic acid groups (broad SMARTS) is 1. The Bertz CT molecular complexity index is 347. The Morgan fingerprint density at radius 3 is 2.88 bits per heavy atom. The third-order valence-electron chi connectivity index (χ3n) is 2.33. The summed E-state index contributed by atoms with van der Waals surface area (Å²) in [6, 6.07) is 7.63. The number of carboxylic acids is 1. The molecule has 0 aliphatic carbocycles. The molecule has 1 unspecified atom stereocenters. The van der Waals surface area contributed by atoms with Crippen LogP contribution in [0.25, 0.3) is 0 Å². The Morgan fingerprint density at radius 2 is 2.25 bits per heavy atom. The normalized spacial score (nSPS) is 12.1. The fraction of sp³-hybridized carbons (Fsp3) is 0.462. The Balaban J connectivity index is 2.63. The van der Waals surface area contributed by atoms with E-state index in [1.165, 1.54) is 0 Å². The largest absolute Gasteiger partial charge is 0.494 e. The van der Waals surface area contributed by atoms with Crippen LogP contribution in [0.5, 0.6) is 5.75 Å². The molecule has 0 saturated carbocycles. The third kappa shape index (κ3) is 3.93. The number of rotatable bonds is 6. The first kappa shape index (κ1) is 12.6. The van der Waals surface area contributed by atoms with Gasteiger partial charge in [-0.25, -0.2) is 0 Å². The molecule has 0 spiro atoms. The van der Waals surface area contributed by atoms with E-state index in [2.05, 4.69) is 6.92 Å². The van der Waals surface area contributed by atoms with Gasteiger partial charge in [0.15, 0.2) is 0 Å². The SMILES string of the molecule is CCCOc1cccc(CC(C)C(=O)O)c1. The highest BCUT2D eigenvalue weighted by atomic mass is 16.5. The van der Waals surface area contributed by atoms with Crippen molar-refractivity contribution in [1.29, 1.82) is 0 Å². The molecule has 1 atom stereocenters. The van der Waals surface area contributed by atoms with Crippen molar-refractivity contribution >= 4 is 5.97 Å². The zero-order chi connectivity index (χ0) is 12.0. The van der Waals surface area contributed by atoms with Crippen molar-refractivity contribution in [2.45, 2.75) is 26.7 Å². The van der Waals surface area contributed by atoms with Crippen molar-refractivity contribution in [2.75, 3.05) is 6.61 Å². The molecule has 0 aliphatic heterocycles. The first-order chi connectivity index (χ1) is 7.63. The summed E-state index contributed by atoms with van der Waals surface area (Å²) in [4.78, 5) is 10.7. The molecule has 0 aromatic heterocycles. The summed E-state index contributed by atoms with van der Waals surface area (Å²) in [7, 11) is 0. The predicted molar refractivity (Wildman–Crippen MR) is 62.7 cm³/mol. The first-order valence-corrected chi connectivity index (χ1v) is 5.58. The van der Waals surface area contributed by atoms with Gasteiger partial charge in [0.1, 0.15) is 5.75 Å². The highest BCUT2D eigenvalue weighted by Gasteiger charge is 2.11. The van der Waals surface area contributed by atoms with E-state index in [1.54, 1.807) is 6.92 Å². The predicted octanol–water partition coefficient (Wildman–Crippen LogP) is 2.74. The van der Waals surface area contributed by atoms with Gasteiger partial charge in [0.05, 0.1) is 12.5 Å². The van der Waals surface area contributed by atoms with Gasteiger partial charge in [-0.1, -0.05) is 26.0 Å². The molecule has 0 bridgehead atoms. The van der Waals surface area contributed by atoms with Gasteiger partial charge in [-0.2, -0.15) is 0 Å². The average Bonchev–Trinajstić information content (AvgIpc) is 2.26. The summed E-state index contributed by atoms with van der Waals surface area (Å²) in [6.07, 6.45) is 1.51. The van der Waals surface area contributed by atoms with E-state index >= 15 is 0 Å². The summed E-state index contributed by atoms with van der Waals surface area (Å²) >= 11 is 0. The number of hydrogen-bond acceptors (Lipinski definition) is 2. The lowest BCUT2D eigenvalue weighted by Crippen LogP contribution is -2.12. The Kier molecular flexibility index (Phi) is 4.83. The molecule has 1 rings (SSSR count). The van der Waals surface area contributed by atoms with Crippen LogP contribution in [0.3, 0.4) is 0 Å². The highest BCUT2D eigenvalue weighted by Crippen LogP contribution is 2.16. The maximum atomic E-state index is 10.7. The summed E-state index contributed by atoms with van der Waals surface area (Å²) in [5, 5.41) is 8.82. The summed E-state index contributed by atoms with van der Waals surface area (Å²) in [6.45, 7) is 4.45. The molecule has 88 valence electrons. The molecular weight excluding hydrogens is 204 g/mol. The fourth-order valence-electron chi connectivity index (χ4n) is 1.42. The van der Waals surface area contributed by atoms with Gasteiger partial charge >= 0.3 is 5.97 Å². The molecular formula is C13H18O3. The molecule has 3 nitrogen and oxygen atoms in total. The van der Waals surface area contributed by atoms with E-state index in [0.717, 1.165) is 17.7 Å². The lowest BCUT2D eigenvalue weighted by Gasteiger charge is -2.09. The molecule has 3 heteroatoms. The topological polar surface area (TPSA) is 46.5 Å². The Morgan fingerprint density at radius 1 is 1.50 bits per heavy atom. The van der Waals surface area contributed by atoms with E-state index in [0.29, 0.717) is 13.0 Å². The Labute approximate surface area is 96.1 Å². The average molecular weight is 222 g/mol. The van der Waals surface area contributed by atoms with E-state index in [4.69, 9.17) is 9.84 Å². The zero-order valence-electron chi connectivity index (χ0n) is 9.77. The Hall–Kier alpha value is -1.51. The van der Waals surface area contributed by atoms with Crippen LogP contribution in [-0.4, -0.2) is 17.7 Å². The molecule has 0 radical (unpaired) electrons. The fourth-order valence-corrected chi connectivity index (χ4v) is 1.42. The van der Waals surface area contributed by atoms with Gasteiger partial charge in [-0.3, -0.25) is 4.79 Å². The molecule has 0 amide bonds. The summed E-state index contributed by atoms with van der Waals surface area (Å²) in [5.41, 5.74) is 1.00. The van der Waals surface area contributed by atoms with Crippen LogP contribution in [0.2, 0.25) is 0 Å². The van der Waals surface area contributed by atoms with Crippen molar-refractivity contribution in [3.63, 3.8) is 0 Å². The molecule has 1 aromatic rings. The molecule has 1 N–H and O–H groups in total. The lowest BCUT2D eigenvalue weighted by molar-refractivity contribution is -0.141. The smallest absolute Gasteiger partial charge is 0.306 e. The standard InChI is InChI=1S/C13H18O3/c1-3-7-16-12-6-4-5-11(9-12)8-10(2)13(14)15/h4-6,9-10H,3,7-8H2,1-2H3,(H,14,15). The monoisotopic (exact) mass is 222 g/mol. The zero-order valence-corrected chi connectivity index (χ0v) is 9.77. The molecule has 16 heavy (non-hydrogen) atoms. The minimum absolute atomic E-state index is 0.360. The summed E-state index contributed by atoms with van der Waals surface area (Å²) in [5.74, 6) is -0.307. The number of aliphatic carboxylic acids is 1. The van der Waals surface area contributed by atoms with E-state index in [9.17, 15) is 4.79 Å². The van der Waals surface area contributed by atoms with Gasteiger partial charge in [0, 0.05) is 0 Å². The van der Waals surface area contributed by atoms with Crippen LogP contribution < -0.4 is 4.74 Å². The van der Waals surface area contributed by atoms with E-state index in [-0.39, 0.29) is 5.92 Å². The third-order valence-corrected chi connectivity index (χ3v) is 2.33. The van der Waals surface area contributed by atoms with Crippen LogP contribution in [0.1, 0.15) is 25.8 Å². The van der Waals surface area contributed by atoms with Gasteiger partial charge in [0.2, 0.25) is 0 Å². The van der Waals surface area contributed by atoms with Crippen LogP contribution >= 0.6 is 0 Å². The maximum absolute atomic E-state index is 10.7. The van der Waals surface area contributed by atoms with Crippen LogP contribution in [-0.2, 0) is 11.2 Å². The van der Waals surface area contributed by atoms with Crippen LogP contribution in [0.4, 0.5) is 0 Å². The molecule has 0 aliphatic rings. The number of ether oxygens (including phenoxy) is 1. The number of benzene rings is 1. The molecule has 0 heterocycles. The second-order valence-corrected chi connectivity index (χ2v) is 3.94. The minimum Gasteiger partial charge on any atom is -0.494 e. The van der Waals surface area contributed by atoms with Crippen molar-refractivity contribution < 1.29 is 14.6 Å². The van der Waals surface area contributed by atoms with E-state index in [1.807, 2.05) is 24.3 Å². The number of hydrogen-bond donors (Lipinski definition) is 1. The molecule has 0 fully saturated rings. The second-order valence-electron chi connectivity index (χ2n) is 3.94.